The van der Waals surface area contributed by atoms with Crippen LogP contribution in [0.1, 0.15) is 27.2 Å². The second kappa shape index (κ2) is 3.56. The second-order valence-corrected chi connectivity index (χ2v) is 13.4. The van der Waals surface area contributed by atoms with Gasteiger partial charge in [0, 0.05) is 18.6 Å². The summed E-state index contributed by atoms with van der Waals surface area (Å²) in [5, 5.41) is 3.93. The highest BCUT2D eigenvalue weighted by atomic mass is 28.3. The van der Waals surface area contributed by atoms with Gasteiger partial charge in [-0.3, -0.25) is 0 Å². The Balaban J connectivity index is 1.86. The van der Waals surface area contributed by atoms with Crippen molar-refractivity contribution in [1.82, 2.24) is 5.32 Å². The van der Waals surface area contributed by atoms with Crippen LogP contribution in [0.3, 0.4) is 0 Å². The molecule has 2 rings (SSSR count). The molecule has 94 valence electrons. The summed E-state index contributed by atoms with van der Waals surface area (Å²) in [7, 11) is -1.08. The van der Waals surface area contributed by atoms with E-state index in [1.807, 2.05) is 0 Å². The van der Waals surface area contributed by atoms with E-state index in [0.717, 1.165) is 18.4 Å². The Morgan fingerprint density at radius 2 is 2.00 bits per heavy atom. The van der Waals surface area contributed by atoms with Crippen LogP contribution in [0, 0.1) is 11.8 Å². The minimum absolute atomic E-state index is 0.183. The number of fused-ring (bicyclic) bond motifs is 1. The van der Waals surface area contributed by atoms with Crippen molar-refractivity contribution in [1.29, 1.82) is 0 Å². The second-order valence-electron chi connectivity index (χ2n) is 7.63. The summed E-state index contributed by atoms with van der Waals surface area (Å²) < 4.78 is 0. The molecule has 3 atom stereocenters. The van der Waals surface area contributed by atoms with E-state index < -0.39 is 8.07 Å². The number of rotatable bonds is 3. The van der Waals surface area contributed by atoms with Crippen molar-refractivity contribution in [3.63, 3.8) is 0 Å². The van der Waals surface area contributed by atoms with Crippen LogP contribution >= 0.6 is 0 Å². The van der Waals surface area contributed by atoms with E-state index in [-0.39, 0.29) is 5.54 Å². The van der Waals surface area contributed by atoms with Crippen LogP contribution in [-0.2, 0) is 0 Å². The maximum Gasteiger partial charge on any atom is 0.0527 e. The molecular formula is C13H28N2Si. The van der Waals surface area contributed by atoms with Gasteiger partial charge in [-0.2, -0.15) is 0 Å². The number of hydrogen-bond acceptors (Lipinski definition) is 2. The maximum absolute atomic E-state index is 6.39. The highest BCUT2D eigenvalue weighted by Gasteiger charge is 2.63. The minimum Gasteiger partial charge on any atom is -0.323 e. The van der Waals surface area contributed by atoms with Gasteiger partial charge in [0.05, 0.1) is 8.07 Å². The van der Waals surface area contributed by atoms with Crippen molar-refractivity contribution in [2.24, 2.45) is 17.6 Å². The van der Waals surface area contributed by atoms with E-state index in [1.54, 1.807) is 0 Å². The van der Waals surface area contributed by atoms with Crippen LogP contribution in [0.2, 0.25) is 24.2 Å². The van der Waals surface area contributed by atoms with Crippen LogP contribution in [0.15, 0.2) is 0 Å². The van der Waals surface area contributed by atoms with Gasteiger partial charge < -0.3 is 11.1 Å². The summed E-state index contributed by atoms with van der Waals surface area (Å²) in [6, 6.07) is 1.44. The quantitative estimate of drug-likeness (QED) is 0.744. The molecule has 0 bridgehead atoms. The van der Waals surface area contributed by atoms with Gasteiger partial charge in [0.25, 0.3) is 0 Å². The normalized spacial score (nSPS) is 38.6. The first-order chi connectivity index (χ1) is 7.18. The lowest BCUT2D eigenvalue weighted by atomic mass is 10.2. The fourth-order valence-electron chi connectivity index (χ4n) is 3.03. The highest BCUT2D eigenvalue weighted by Crippen LogP contribution is 2.54. The molecule has 2 aliphatic rings. The number of hydrogen-bond donors (Lipinski definition) is 2. The van der Waals surface area contributed by atoms with Crippen LogP contribution in [0.25, 0.3) is 0 Å². The Morgan fingerprint density at radius 3 is 2.44 bits per heavy atom. The zero-order chi connectivity index (χ0) is 12.2. The van der Waals surface area contributed by atoms with Gasteiger partial charge in [0.1, 0.15) is 0 Å². The Labute approximate surface area is 101 Å². The molecule has 1 saturated heterocycles. The molecule has 1 heterocycles. The number of nitrogens with one attached hydrogen (secondary N) is 1. The fourth-order valence-corrected chi connectivity index (χ4v) is 4.81. The molecule has 1 aliphatic carbocycles. The third-order valence-electron chi connectivity index (χ3n) is 5.66. The van der Waals surface area contributed by atoms with E-state index in [9.17, 15) is 0 Å². The van der Waals surface area contributed by atoms with Crippen molar-refractivity contribution < 1.29 is 0 Å². The van der Waals surface area contributed by atoms with Crippen molar-refractivity contribution >= 4 is 8.07 Å². The summed E-state index contributed by atoms with van der Waals surface area (Å²) in [6.45, 7) is 14.5. The predicted molar refractivity (Wildman–Crippen MR) is 73.4 cm³/mol. The lowest BCUT2D eigenvalue weighted by molar-refractivity contribution is 0.537. The summed E-state index contributed by atoms with van der Waals surface area (Å²) in [6.07, 6.45) is 1.37. The molecule has 1 saturated carbocycles. The average Bonchev–Trinajstić information content (AvgIpc) is 2.49. The molecule has 1 unspecified atom stereocenters. The molecule has 2 nitrogen and oxygen atoms in total. The van der Waals surface area contributed by atoms with Gasteiger partial charge in [0.15, 0.2) is 0 Å². The van der Waals surface area contributed by atoms with Crippen LogP contribution in [-0.4, -0.2) is 26.7 Å². The summed E-state index contributed by atoms with van der Waals surface area (Å²) in [4.78, 5) is 0. The van der Waals surface area contributed by atoms with Gasteiger partial charge in [-0.05, 0) is 16.9 Å². The largest absolute Gasteiger partial charge is 0.323 e. The van der Waals surface area contributed by atoms with Crippen molar-refractivity contribution in [2.75, 3.05) is 13.1 Å². The van der Waals surface area contributed by atoms with Crippen molar-refractivity contribution in [2.45, 2.75) is 56.9 Å². The first kappa shape index (κ1) is 12.6. The molecule has 16 heavy (non-hydrogen) atoms. The first-order valence-corrected chi connectivity index (χ1v) is 9.89. The Kier molecular flexibility index (Phi) is 2.80. The van der Waals surface area contributed by atoms with E-state index in [1.165, 1.54) is 19.0 Å². The smallest absolute Gasteiger partial charge is 0.0527 e. The summed E-state index contributed by atoms with van der Waals surface area (Å²) in [5.74, 6) is 1.61. The number of piperidine rings is 1. The zero-order valence-corrected chi connectivity index (χ0v) is 12.6. The minimum atomic E-state index is -1.08. The lowest BCUT2D eigenvalue weighted by Crippen LogP contribution is -2.38. The van der Waals surface area contributed by atoms with Crippen LogP contribution in [0.4, 0.5) is 0 Å². The van der Waals surface area contributed by atoms with Gasteiger partial charge in [0.2, 0.25) is 0 Å². The molecule has 0 aromatic carbocycles. The molecule has 3 heteroatoms. The fraction of sp³-hybridized carbons (Fsp3) is 1.00. The molecule has 2 fully saturated rings. The molecule has 0 aromatic rings. The maximum atomic E-state index is 6.39. The molecule has 1 aliphatic heterocycles. The lowest BCUT2D eigenvalue weighted by Gasteiger charge is -2.37. The van der Waals surface area contributed by atoms with E-state index in [0.29, 0.717) is 5.04 Å². The monoisotopic (exact) mass is 240 g/mol. The summed E-state index contributed by atoms with van der Waals surface area (Å²) in [5.41, 5.74) is 6.57. The van der Waals surface area contributed by atoms with Gasteiger partial charge >= 0.3 is 0 Å². The van der Waals surface area contributed by atoms with Crippen LogP contribution < -0.4 is 11.1 Å². The van der Waals surface area contributed by atoms with E-state index in [2.05, 4.69) is 39.2 Å². The summed E-state index contributed by atoms with van der Waals surface area (Å²) >= 11 is 0. The molecule has 0 radical (unpaired) electrons. The third kappa shape index (κ3) is 1.87. The van der Waals surface area contributed by atoms with Gasteiger partial charge in [-0.15, -0.1) is 0 Å². The van der Waals surface area contributed by atoms with Crippen molar-refractivity contribution in [3.05, 3.63) is 0 Å². The Bertz CT molecular complexity index is 282. The SMILES string of the molecule is CC(C)(C)[Si](C)(C)CC[C@@H]1C2CNC[C@]21N. The molecule has 0 aromatic heterocycles. The van der Waals surface area contributed by atoms with E-state index in [4.69, 9.17) is 5.73 Å². The van der Waals surface area contributed by atoms with E-state index >= 15 is 0 Å². The molecule has 3 N–H and O–H groups in total. The topological polar surface area (TPSA) is 38.0 Å². The molecule has 0 spiro atoms. The Hall–Kier alpha value is 0.137. The highest BCUT2D eigenvalue weighted by molar-refractivity contribution is 6.80. The predicted octanol–water partition coefficient (Wildman–Crippen LogP) is 2.43. The molecule has 0 amide bonds. The van der Waals surface area contributed by atoms with Gasteiger partial charge in [-0.1, -0.05) is 46.3 Å². The Morgan fingerprint density at radius 1 is 1.38 bits per heavy atom. The first-order valence-electron chi connectivity index (χ1n) is 6.68. The zero-order valence-electron chi connectivity index (χ0n) is 11.6. The van der Waals surface area contributed by atoms with Crippen LogP contribution in [0.5, 0.6) is 0 Å². The average molecular weight is 240 g/mol. The molecular weight excluding hydrogens is 212 g/mol. The van der Waals surface area contributed by atoms with Crippen molar-refractivity contribution in [3.8, 4) is 0 Å². The third-order valence-corrected chi connectivity index (χ3v) is 11.3. The standard InChI is InChI=1S/C13H28N2Si/c1-12(2,3)16(4,5)7-6-10-11-8-15-9-13(10,11)14/h10-11,15H,6-9,14H2,1-5H3/t10-,11?,13-/m1/s1. The number of nitrogens with two attached hydrogens (primary N) is 1. The van der Waals surface area contributed by atoms with Gasteiger partial charge in [-0.25, -0.2) is 0 Å².